The fraction of sp³-hybridized carbons (Fsp3) is 0.773. The number of carbonyl (C=O) groups excluding carboxylic acids is 2. The molecule has 1 aromatic rings. The molecule has 1 N–H and O–H groups in total. The van der Waals surface area contributed by atoms with Crippen LogP contribution in [-0.4, -0.2) is 63.6 Å². The minimum atomic E-state index is -0.356. The van der Waals surface area contributed by atoms with E-state index in [1.165, 1.54) is 24.1 Å². The SMILES string of the molecule is CCn1ncc(CN2CCC3(CC2)CC(C(=O)NC2CCCC2)N(C)C3=O)c1C. The van der Waals surface area contributed by atoms with Gasteiger partial charge in [-0.2, -0.15) is 5.10 Å². The van der Waals surface area contributed by atoms with Crippen molar-refractivity contribution in [2.45, 2.75) is 84.0 Å². The molecule has 1 atom stereocenters. The summed E-state index contributed by atoms with van der Waals surface area (Å²) in [5.41, 5.74) is 2.14. The van der Waals surface area contributed by atoms with Crippen LogP contribution in [0.4, 0.5) is 0 Å². The van der Waals surface area contributed by atoms with Gasteiger partial charge in [-0.1, -0.05) is 12.8 Å². The lowest BCUT2D eigenvalue weighted by Gasteiger charge is -2.37. The first kappa shape index (κ1) is 20.4. The predicted molar refractivity (Wildman–Crippen MR) is 111 cm³/mol. The van der Waals surface area contributed by atoms with Crippen LogP contribution in [0.25, 0.3) is 0 Å². The van der Waals surface area contributed by atoms with E-state index in [2.05, 4.69) is 29.2 Å². The Bertz CT molecular complexity index is 759. The zero-order valence-corrected chi connectivity index (χ0v) is 18.1. The van der Waals surface area contributed by atoms with E-state index in [1.54, 1.807) is 4.90 Å². The predicted octanol–water partition coefficient (Wildman–Crippen LogP) is 2.08. The summed E-state index contributed by atoms with van der Waals surface area (Å²) in [4.78, 5) is 30.1. The maximum Gasteiger partial charge on any atom is 0.243 e. The molecule has 0 aromatic carbocycles. The van der Waals surface area contributed by atoms with Crippen molar-refractivity contribution >= 4 is 11.8 Å². The van der Waals surface area contributed by atoms with E-state index in [-0.39, 0.29) is 23.3 Å². The second-order valence-corrected chi connectivity index (χ2v) is 9.25. The van der Waals surface area contributed by atoms with Crippen LogP contribution < -0.4 is 5.32 Å². The van der Waals surface area contributed by atoms with Gasteiger partial charge in [-0.05, 0) is 59.0 Å². The molecule has 4 rings (SSSR count). The zero-order chi connectivity index (χ0) is 20.6. The number of likely N-dealkylation sites (N-methyl/N-ethyl adjacent to an activating group) is 1. The number of likely N-dealkylation sites (tertiary alicyclic amines) is 2. The van der Waals surface area contributed by atoms with Gasteiger partial charge in [0.25, 0.3) is 0 Å². The molecule has 1 saturated carbocycles. The minimum absolute atomic E-state index is 0.0506. The summed E-state index contributed by atoms with van der Waals surface area (Å²) in [6.45, 7) is 7.80. The molecule has 3 heterocycles. The molecule has 7 heteroatoms. The summed E-state index contributed by atoms with van der Waals surface area (Å²) in [6, 6.07) is -0.00337. The molecule has 160 valence electrons. The Morgan fingerprint density at radius 2 is 1.97 bits per heavy atom. The fourth-order valence-corrected chi connectivity index (χ4v) is 5.50. The smallest absolute Gasteiger partial charge is 0.243 e. The topological polar surface area (TPSA) is 70.5 Å². The van der Waals surface area contributed by atoms with Gasteiger partial charge in [-0.3, -0.25) is 19.2 Å². The number of aromatic nitrogens is 2. The van der Waals surface area contributed by atoms with Crippen molar-refractivity contribution in [3.8, 4) is 0 Å². The van der Waals surface area contributed by atoms with Crippen LogP contribution in [0.2, 0.25) is 0 Å². The Morgan fingerprint density at radius 1 is 1.28 bits per heavy atom. The van der Waals surface area contributed by atoms with Gasteiger partial charge in [0.15, 0.2) is 0 Å². The lowest BCUT2D eigenvalue weighted by atomic mass is 9.76. The van der Waals surface area contributed by atoms with E-state index in [9.17, 15) is 9.59 Å². The third-order valence-electron chi connectivity index (χ3n) is 7.54. The molecule has 0 radical (unpaired) electrons. The third kappa shape index (κ3) is 3.81. The molecule has 29 heavy (non-hydrogen) atoms. The summed E-state index contributed by atoms with van der Waals surface area (Å²) in [5, 5.41) is 7.65. The van der Waals surface area contributed by atoms with Crippen molar-refractivity contribution in [1.29, 1.82) is 0 Å². The summed E-state index contributed by atoms with van der Waals surface area (Å²) < 4.78 is 2.03. The first-order chi connectivity index (χ1) is 13.9. The lowest BCUT2D eigenvalue weighted by molar-refractivity contribution is -0.140. The quantitative estimate of drug-likeness (QED) is 0.820. The zero-order valence-electron chi connectivity index (χ0n) is 18.1. The summed E-state index contributed by atoms with van der Waals surface area (Å²) in [7, 11) is 1.81. The monoisotopic (exact) mass is 401 g/mol. The molecule has 1 unspecified atom stereocenters. The number of amides is 2. The van der Waals surface area contributed by atoms with Gasteiger partial charge < -0.3 is 10.2 Å². The van der Waals surface area contributed by atoms with E-state index in [0.717, 1.165) is 51.9 Å². The highest BCUT2D eigenvalue weighted by atomic mass is 16.2. The molecular formula is C22H35N5O2. The molecule has 7 nitrogen and oxygen atoms in total. The van der Waals surface area contributed by atoms with Crippen molar-refractivity contribution in [2.75, 3.05) is 20.1 Å². The average Bonchev–Trinajstić information content (AvgIpc) is 3.41. The molecule has 0 bridgehead atoms. The van der Waals surface area contributed by atoms with Gasteiger partial charge in [-0.25, -0.2) is 0 Å². The van der Waals surface area contributed by atoms with Crippen LogP contribution >= 0.6 is 0 Å². The second kappa shape index (κ2) is 8.09. The highest BCUT2D eigenvalue weighted by molar-refractivity contribution is 5.94. The van der Waals surface area contributed by atoms with Crippen LogP contribution in [0.1, 0.15) is 63.1 Å². The number of carbonyl (C=O) groups is 2. The minimum Gasteiger partial charge on any atom is -0.352 e. The van der Waals surface area contributed by atoms with Crippen LogP contribution in [0.5, 0.6) is 0 Å². The molecular weight excluding hydrogens is 366 g/mol. The summed E-state index contributed by atoms with van der Waals surface area (Å²) in [6.07, 6.45) is 8.85. The van der Waals surface area contributed by atoms with Gasteiger partial charge >= 0.3 is 0 Å². The normalized spacial score (nSPS) is 25.3. The summed E-state index contributed by atoms with van der Waals surface area (Å²) in [5.74, 6) is 0.216. The van der Waals surface area contributed by atoms with Crippen molar-refractivity contribution in [3.63, 3.8) is 0 Å². The maximum absolute atomic E-state index is 13.1. The molecule has 2 aliphatic heterocycles. The Hall–Kier alpha value is -1.89. The Morgan fingerprint density at radius 3 is 2.59 bits per heavy atom. The van der Waals surface area contributed by atoms with Gasteiger partial charge in [0, 0.05) is 37.4 Å². The second-order valence-electron chi connectivity index (χ2n) is 9.25. The van der Waals surface area contributed by atoms with E-state index in [0.29, 0.717) is 12.5 Å². The van der Waals surface area contributed by atoms with E-state index >= 15 is 0 Å². The van der Waals surface area contributed by atoms with Gasteiger partial charge in [0.2, 0.25) is 11.8 Å². The number of aryl methyl sites for hydroxylation is 1. The van der Waals surface area contributed by atoms with Crippen LogP contribution in [0.15, 0.2) is 6.20 Å². The van der Waals surface area contributed by atoms with Crippen molar-refractivity contribution in [1.82, 2.24) is 24.9 Å². The number of rotatable bonds is 5. The van der Waals surface area contributed by atoms with Gasteiger partial charge in [0.05, 0.1) is 11.6 Å². The van der Waals surface area contributed by atoms with E-state index in [4.69, 9.17) is 0 Å². The van der Waals surface area contributed by atoms with Crippen LogP contribution in [0, 0.1) is 12.3 Å². The summed E-state index contributed by atoms with van der Waals surface area (Å²) >= 11 is 0. The largest absolute Gasteiger partial charge is 0.352 e. The van der Waals surface area contributed by atoms with Gasteiger partial charge in [-0.15, -0.1) is 0 Å². The number of nitrogens with one attached hydrogen (secondary N) is 1. The molecule has 2 saturated heterocycles. The van der Waals surface area contributed by atoms with Gasteiger partial charge in [0.1, 0.15) is 6.04 Å². The first-order valence-corrected chi connectivity index (χ1v) is 11.2. The molecule has 2 amide bonds. The Labute approximate surface area is 173 Å². The Kier molecular flexibility index (Phi) is 5.69. The number of nitrogens with zero attached hydrogens (tertiary/aromatic N) is 4. The highest BCUT2D eigenvalue weighted by Crippen LogP contribution is 2.44. The molecule has 1 aliphatic carbocycles. The van der Waals surface area contributed by atoms with Crippen LogP contribution in [-0.2, 0) is 22.7 Å². The number of piperidine rings is 1. The number of hydrogen-bond acceptors (Lipinski definition) is 4. The standard InChI is InChI=1S/C22H35N5O2/c1-4-27-16(2)17(14-23-27)15-26-11-9-22(10-12-26)13-19(25(3)21(22)29)20(28)24-18-7-5-6-8-18/h14,18-19H,4-13,15H2,1-3H3,(H,24,28). The van der Waals surface area contributed by atoms with Crippen molar-refractivity contribution in [3.05, 3.63) is 17.5 Å². The Balaban J connectivity index is 1.36. The first-order valence-electron chi connectivity index (χ1n) is 11.2. The lowest BCUT2D eigenvalue weighted by Crippen LogP contribution is -2.46. The number of hydrogen-bond donors (Lipinski definition) is 1. The highest BCUT2D eigenvalue weighted by Gasteiger charge is 2.53. The van der Waals surface area contributed by atoms with E-state index in [1.807, 2.05) is 17.9 Å². The third-order valence-corrected chi connectivity index (χ3v) is 7.54. The van der Waals surface area contributed by atoms with Crippen molar-refractivity contribution < 1.29 is 9.59 Å². The average molecular weight is 402 g/mol. The van der Waals surface area contributed by atoms with Crippen LogP contribution in [0.3, 0.4) is 0 Å². The molecule has 3 aliphatic rings. The molecule has 1 spiro atoms. The fourth-order valence-electron chi connectivity index (χ4n) is 5.50. The maximum atomic E-state index is 13.1. The van der Waals surface area contributed by atoms with E-state index < -0.39 is 0 Å². The molecule has 3 fully saturated rings. The van der Waals surface area contributed by atoms with Crippen molar-refractivity contribution in [2.24, 2.45) is 5.41 Å². The molecule has 1 aromatic heterocycles.